The Bertz CT molecular complexity index is 702. The van der Waals surface area contributed by atoms with E-state index in [4.69, 9.17) is 5.73 Å². The van der Waals surface area contributed by atoms with Crippen molar-refractivity contribution in [3.8, 4) is 0 Å². The molecule has 1 heterocycles. The minimum Gasteiger partial charge on any atom is -0.338 e. The van der Waals surface area contributed by atoms with Crippen LogP contribution in [-0.4, -0.2) is 12.1 Å². The monoisotopic (exact) mass is 324 g/mol. The van der Waals surface area contributed by atoms with E-state index >= 15 is 0 Å². The highest BCUT2D eigenvalue weighted by molar-refractivity contribution is 5.72. The van der Waals surface area contributed by atoms with Crippen LogP contribution < -0.4 is 10.6 Å². The second-order valence-corrected chi connectivity index (χ2v) is 7.36. The predicted octanol–water partition coefficient (Wildman–Crippen LogP) is 4.64. The molecule has 0 bridgehead atoms. The van der Waals surface area contributed by atoms with Crippen molar-refractivity contribution in [1.29, 1.82) is 0 Å². The number of hydrogen-bond acceptors (Lipinski definition) is 2. The summed E-state index contributed by atoms with van der Waals surface area (Å²) in [6, 6.07) is 12.6. The molecule has 2 N–H and O–H groups in total. The molecule has 1 fully saturated rings. The summed E-state index contributed by atoms with van der Waals surface area (Å²) < 4.78 is 13.8. The number of fused-ring (bicyclic) bond motifs is 2. The lowest BCUT2D eigenvalue weighted by Gasteiger charge is -2.39. The van der Waals surface area contributed by atoms with Crippen molar-refractivity contribution in [2.45, 2.75) is 57.5 Å². The molecule has 2 aliphatic rings. The van der Waals surface area contributed by atoms with Crippen molar-refractivity contribution in [3.63, 3.8) is 0 Å². The van der Waals surface area contributed by atoms with E-state index in [0.29, 0.717) is 6.04 Å². The number of benzene rings is 2. The first-order valence-corrected chi connectivity index (χ1v) is 9.04. The number of rotatable bonds is 1. The number of halogens is 1. The van der Waals surface area contributed by atoms with Gasteiger partial charge in [0.05, 0.1) is 0 Å². The zero-order valence-corrected chi connectivity index (χ0v) is 14.3. The Morgan fingerprint density at radius 1 is 1.00 bits per heavy atom. The standard InChI is InChI=1S/C21H25FN2/c1-14-5-9-20-15(11-14)6-7-16-12-17(22)8-10-21(16)24(20)19-4-2-3-18(23)13-19/h5,8-12,18-19H,2-4,6-7,13,23H2,1H3/t18-,19+/m0/s1. The van der Waals surface area contributed by atoms with Crippen molar-refractivity contribution < 1.29 is 4.39 Å². The van der Waals surface area contributed by atoms with Crippen LogP contribution in [0.2, 0.25) is 0 Å². The maximum absolute atomic E-state index is 13.8. The van der Waals surface area contributed by atoms with Crippen LogP contribution in [0.1, 0.15) is 42.4 Å². The van der Waals surface area contributed by atoms with Crippen LogP contribution in [0.5, 0.6) is 0 Å². The SMILES string of the molecule is Cc1ccc2c(c1)CCc1cc(F)ccc1N2[C@@H]1CCC[C@H](N)C1. The van der Waals surface area contributed by atoms with E-state index in [9.17, 15) is 4.39 Å². The first kappa shape index (κ1) is 15.6. The molecule has 0 saturated heterocycles. The van der Waals surface area contributed by atoms with Crippen LogP contribution in [0.15, 0.2) is 36.4 Å². The highest BCUT2D eigenvalue weighted by Gasteiger charge is 2.30. The summed E-state index contributed by atoms with van der Waals surface area (Å²) in [5, 5.41) is 0. The van der Waals surface area contributed by atoms with Crippen LogP contribution in [0.3, 0.4) is 0 Å². The summed E-state index contributed by atoms with van der Waals surface area (Å²) in [4.78, 5) is 2.45. The van der Waals surface area contributed by atoms with Gasteiger partial charge in [-0.2, -0.15) is 0 Å². The summed E-state index contributed by atoms with van der Waals surface area (Å²) in [6.07, 6.45) is 6.28. The van der Waals surface area contributed by atoms with Crippen LogP contribution in [-0.2, 0) is 12.8 Å². The van der Waals surface area contributed by atoms with E-state index in [0.717, 1.165) is 43.4 Å². The maximum Gasteiger partial charge on any atom is 0.123 e. The fraction of sp³-hybridized carbons (Fsp3) is 0.429. The molecule has 4 rings (SSSR count). The molecule has 1 aliphatic carbocycles. The molecule has 1 saturated carbocycles. The minimum atomic E-state index is -0.142. The fourth-order valence-corrected chi connectivity index (χ4v) is 4.37. The number of nitrogens with two attached hydrogens (primary N) is 1. The smallest absolute Gasteiger partial charge is 0.123 e. The molecule has 3 heteroatoms. The van der Waals surface area contributed by atoms with Gasteiger partial charge in [0, 0.05) is 23.5 Å². The largest absolute Gasteiger partial charge is 0.338 e. The molecule has 0 aromatic heterocycles. The lowest BCUT2D eigenvalue weighted by Crippen LogP contribution is -2.40. The van der Waals surface area contributed by atoms with Gasteiger partial charge in [0.2, 0.25) is 0 Å². The zero-order valence-electron chi connectivity index (χ0n) is 14.3. The van der Waals surface area contributed by atoms with Crippen molar-refractivity contribution in [1.82, 2.24) is 0 Å². The van der Waals surface area contributed by atoms with Crippen molar-refractivity contribution >= 4 is 11.4 Å². The van der Waals surface area contributed by atoms with Crippen molar-refractivity contribution in [2.75, 3.05) is 4.90 Å². The average Bonchev–Trinajstić information content (AvgIpc) is 2.71. The van der Waals surface area contributed by atoms with Gasteiger partial charge in [0.25, 0.3) is 0 Å². The van der Waals surface area contributed by atoms with Gasteiger partial charge >= 0.3 is 0 Å². The van der Waals surface area contributed by atoms with Crippen molar-refractivity contribution in [2.24, 2.45) is 5.73 Å². The Morgan fingerprint density at radius 3 is 2.46 bits per heavy atom. The molecule has 2 nitrogen and oxygen atoms in total. The van der Waals surface area contributed by atoms with Gasteiger partial charge in [-0.15, -0.1) is 0 Å². The van der Waals surface area contributed by atoms with Gasteiger partial charge in [-0.25, -0.2) is 4.39 Å². The Morgan fingerprint density at radius 2 is 1.71 bits per heavy atom. The maximum atomic E-state index is 13.8. The first-order chi connectivity index (χ1) is 11.6. The molecular weight excluding hydrogens is 299 g/mol. The van der Waals surface area contributed by atoms with E-state index < -0.39 is 0 Å². The normalized spacial score (nSPS) is 23.4. The number of nitrogens with zero attached hydrogens (tertiary/aromatic N) is 1. The summed E-state index contributed by atoms with van der Waals surface area (Å²) in [7, 11) is 0. The van der Waals surface area contributed by atoms with Gasteiger partial charge < -0.3 is 10.6 Å². The average molecular weight is 324 g/mol. The lowest BCUT2D eigenvalue weighted by molar-refractivity contribution is 0.388. The highest BCUT2D eigenvalue weighted by atomic mass is 19.1. The summed E-state index contributed by atoms with van der Waals surface area (Å²) in [5.74, 6) is -0.142. The highest BCUT2D eigenvalue weighted by Crippen LogP contribution is 2.41. The minimum absolute atomic E-state index is 0.142. The molecule has 2 aromatic carbocycles. The van der Waals surface area contributed by atoms with Gasteiger partial charge in [0.1, 0.15) is 5.82 Å². The second kappa shape index (κ2) is 6.21. The second-order valence-electron chi connectivity index (χ2n) is 7.36. The molecule has 126 valence electrons. The molecule has 2 atom stereocenters. The van der Waals surface area contributed by atoms with Gasteiger partial charge in [0.15, 0.2) is 0 Å². The molecule has 1 aliphatic heterocycles. The Hall–Kier alpha value is -1.87. The molecule has 2 aromatic rings. The van der Waals surface area contributed by atoms with Crippen LogP contribution in [0.4, 0.5) is 15.8 Å². The van der Waals surface area contributed by atoms with Crippen LogP contribution in [0.25, 0.3) is 0 Å². The lowest BCUT2D eigenvalue weighted by atomic mass is 9.89. The zero-order chi connectivity index (χ0) is 16.7. The Kier molecular flexibility index (Phi) is 4.05. The third-order valence-electron chi connectivity index (χ3n) is 5.51. The van der Waals surface area contributed by atoms with E-state index in [1.165, 1.54) is 23.2 Å². The molecular formula is C21H25FN2. The van der Waals surface area contributed by atoms with Gasteiger partial charge in [-0.1, -0.05) is 17.7 Å². The van der Waals surface area contributed by atoms with Crippen LogP contribution >= 0.6 is 0 Å². The molecule has 0 amide bonds. The number of aryl methyl sites for hydroxylation is 3. The fourth-order valence-electron chi connectivity index (χ4n) is 4.37. The van der Waals surface area contributed by atoms with E-state index in [2.05, 4.69) is 30.0 Å². The molecule has 0 spiro atoms. The Balaban J connectivity index is 1.85. The third-order valence-corrected chi connectivity index (χ3v) is 5.51. The van der Waals surface area contributed by atoms with E-state index in [1.54, 1.807) is 12.1 Å². The van der Waals surface area contributed by atoms with Crippen molar-refractivity contribution in [3.05, 3.63) is 58.9 Å². The number of hydrogen-bond donors (Lipinski definition) is 1. The third kappa shape index (κ3) is 2.82. The van der Waals surface area contributed by atoms with E-state index in [-0.39, 0.29) is 11.9 Å². The molecule has 0 radical (unpaired) electrons. The summed E-state index contributed by atoms with van der Waals surface area (Å²) in [5.41, 5.74) is 12.5. The van der Waals surface area contributed by atoms with Crippen LogP contribution in [0, 0.1) is 12.7 Å². The first-order valence-electron chi connectivity index (χ1n) is 9.04. The predicted molar refractivity (Wildman–Crippen MR) is 97.4 cm³/mol. The van der Waals surface area contributed by atoms with Gasteiger partial charge in [-0.05, 0) is 80.8 Å². The molecule has 24 heavy (non-hydrogen) atoms. The van der Waals surface area contributed by atoms with Gasteiger partial charge in [-0.3, -0.25) is 0 Å². The van der Waals surface area contributed by atoms with E-state index in [1.807, 2.05) is 6.07 Å². The quantitative estimate of drug-likeness (QED) is 0.828. The Labute approximate surface area is 143 Å². The topological polar surface area (TPSA) is 29.3 Å². The summed E-state index contributed by atoms with van der Waals surface area (Å²) in [6.45, 7) is 2.14. The molecule has 0 unspecified atom stereocenters. The number of anilines is 2. The summed E-state index contributed by atoms with van der Waals surface area (Å²) >= 11 is 0.